The van der Waals surface area contributed by atoms with E-state index in [0.717, 1.165) is 17.1 Å². The fraction of sp³-hybridized carbons (Fsp3) is 0.500. The van der Waals surface area contributed by atoms with Gasteiger partial charge in [0.15, 0.2) is 10.8 Å². The lowest BCUT2D eigenvalue weighted by molar-refractivity contribution is -0.142. The summed E-state index contributed by atoms with van der Waals surface area (Å²) in [6, 6.07) is -0.530. The molecule has 25 heavy (non-hydrogen) atoms. The van der Waals surface area contributed by atoms with E-state index in [0.29, 0.717) is 36.6 Å². The molecule has 2 N–H and O–H groups in total. The second-order valence-electron chi connectivity index (χ2n) is 6.00. The number of nitrogens with zero attached hydrogens (tertiary/aromatic N) is 3. The Morgan fingerprint density at radius 2 is 2.32 bits per heavy atom. The first-order valence-corrected chi connectivity index (χ1v) is 8.88. The lowest BCUT2D eigenvalue weighted by Gasteiger charge is -2.26. The summed E-state index contributed by atoms with van der Waals surface area (Å²) >= 11 is 1.47. The number of aliphatic imine (C=N–C) groups is 1. The molecule has 0 saturated carbocycles. The van der Waals surface area contributed by atoms with E-state index in [1.54, 1.807) is 0 Å². The van der Waals surface area contributed by atoms with Crippen LogP contribution in [0.2, 0.25) is 0 Å². The van der Waals surface area contributed by atoms with Crippen LogP contribution in [0.4, 0.5) is 0 Å². The molecule has 0 bridgehead atoms. The fourth-order valence-corrected chi connectivity index (χ4v) is 3.80. The average molecular weight is 364 g/mol. The van der Waals surface area contributed by atoms with E-state index in [2.05, 4.69) is 15.3 Å². The zero-order valence-corrected chi connectivity index (χ0v) is 14.9. The van der Waals surface area contributed by atoms with Crippen molar-refractivity contribution in [1.82, 2.24) is 15.2 Å². The molecule has 9 heteroatoms. The number of methoxy groups -OCH3 is 1. The number of rotatable bonds is 5. The Hall–Kier alpha value is -2.26. The number of esters is 1. The van der Waals surface area contributed by atoms with Gasteiger partial charge in [-0.1, -0.05) is 0 Å². The zero-order chi connectivity index (χ0) is 18.0. The van der Waals surface area contributed by atoms with Crippen molar-refractivity contribution in [2.75, 3.05) is 26.7 Å². The largest absolute Gasteiger partial charge is 0.480 e. The van der Waals surface area contributed by atoms with Crippen LogP contribution in [0.25, 0.3) is 0 Å². The molecule has 1 fully saturated rings. The van der Waals surface area contributed by atoms with Crippen molar-refractivity contribution in [2.24, 2.45) is 4.99 Å². The van der Waals surface area contributed by atoms with Crippen molar-refractivity contribution in [2.45, 2.75) is 25.8 Å². The summed E-state index contributed by atoms with van der Waals surface area (Å²) in [5, 5.41) is 15.2. The first-order chi connectivity index (χ1) is 12.0. The van der Waals surface area contributed by atoms with Gasteiger partial charge in [0, 0.05) is 23.3 Å². The van der Waals surface area contributed by atoms with Gasteiger partial charge in [0.1, 0.15) is 6.04 Å². The molecule has 1 atom stereocenters. The maximum absolute atomic E-state index is 12.1. The van der Waals surface area contributed by atoms with E-state index in [4.69, 9.17) is 4.74 Å². The first kappa shape index (κ1) is 17.6. The van der Waals surface area contributed by atoms with Crippen LogP contribution in [-0.2, 0) is 14.3 Å². The number of hydrogen-bond donors (Lipinski definition) is 2. The second-order valence-corrected chi connectivity index (χ2v) is 6.86. The number of aryl methyl sites for hydroxylation is 1. The van der Waals surface area contributed by atoms with Crippen LogP contribution < -0.4 is 5.32 Å². The van der Waals surface area contributed by atoms with E-state index in [9.17, 15) is 14.7 Å². The number of carbonyl (C=O) groups excluding carboxylic acids is 1. The number of carbonyl (C=O) groups is 2. The molecule has 1 saturated heterocycles. The summed E-state index contributed by atoms with van der Waals surface area (Å²) in [4.78, 5) is 34.2. The number of nitrogens with one attached hydrogen (secondary N) is 1. The van der Waals surface area contributed by atoms with Gasteiger partial charge in [0.05, 0.1) is 19.2 Å². The molecule has 0 amide bonds. The molecule has 0 unspecified atom stereocenters. The number of carboxylic acid groups (broad SMARTS) is 1. The van der Waals surface area contributed by atoms with Crippen molar-refractivity contribution in [3.8, 4) is 0 Å². The van der Waals surface area contributed by atoms with Crippen LogP contribution in [0.5, 0.6) is 0 Å². The number of thiazole rings is 1. The maximum atomic E-state index is 12.1. The minimum absolute atomic E-state index is 0.189. The molecule has 2 aliphatic heterocycles. The minimum atomic E-state index is -0.835. The van der Waals surface area contributed by atoms with Crippen LogP contribution >= 0.6 is 11.3 Å². The Morgan fingerprint density at radius 3 is 2.96 bits per heavy atom. The monoisotopic (exact) mass is 364 g/mol. The van der Waals surface area contributed by atoms with Gasteiger partial charge in [0.2, 0.25) is 0 Å². The molecule has 0 aromatic carbocycles. The van der Waals surface area contributed by atoms with Crippen LogP contribution in [0.15, 0.2) is 21.6 Å². The standard InChI is InChI=1S/C16H20N4O4S/c1-9-8-25-14(18-9)13-17-6-10(16(23)24-2)11(19-13)7-20-5-3-4-12(20)15(21)22/h8,12H,3-7H2,1-2H3,(H,17,19)(H,21,22)/t12-/m0/s1. The van der Waals surface area contributed by atoms with Crippen LogP contribution in [0.1, 0.15) is 23.5 Å². The van der Waals surface area contributed by atoms with Gasteiger partial charge in [-0.2, -0.15) is 0 Å². The third-order valence-corrected chi connectivity index (χ3v) is 5.26. The van der Waals surface area contributed by atoms with Gasteiger partial charge in [-0.3, -0.25) is 14.7 Å². The first-order valence-electron chi connectivity index (χ1n) is 8.00. The van der Waals surface area contributed by atoms with E-state index >= 15 is 0 Å². The zero-order valence-electron chi connectivity index (χ0n) is 14.1. The Bertz CT molecular complexity index is 755. The Labute approximate surface area is 149 Å². The van der Waals surface area contributed by atoms with Crippen LogP contribution in [-0.4, -0.2) is 65.6 Å². The van der Waals surface area contributed by atoms with E-state index < -0.39 is 18.0 Å². The highest BCUT2D eigenvalue weighted by atomic mass is 32.1. The number of hydrogen-bond acceptors (Lipinski definition) is 8. The van der Waals surface area contributed by atoms with Gasteiger partial charge >= 0.3 is 11.9 Å². The van der Waals surface area contributed by atoms with Crippen molar-refractivity contribution < 1.29 is 19.4 Å². The molecule has 134 valence electrons. The van der Waals surface area contributed by atoms with Crippen LogP contribution in [0.3, 0.4) is 0 Å². The van der Waals surface area contributed by atoms with E-state index in [1.165, 1.54) is 18.4 Å². The van der Waals surface area contributed by atoms with Gasteiger partial charge in [-0.15, -0.1) is 11.3 Å². The summed E-state index contributed by atoms with van der Waals surface area (Å²) in [5.74, 6) is -0.684. The van der Waals surface area contributed by atoms with E-state index in [1.807, 2.05) is 17.2 Å². The lowest BCUT2D eigenvalue weighted by Crippen LogP contribution is -2.42. The highest BCUT2D eigenvalue weighted by Gasteiger charge is 2.33. The topological polar surface area (TPSA) is 104 Å². The molecule has 0 aliphatic carbocycles. The Balaban J connectivity index is 1.84. The molecular formula is C16H20N4O4S. The molecule has 0 spiro atoms. The molecule has 0 radical (unpaired) electrons. The van der Waals surface area contributed by atoms with Crippen molar-refractivity contribution in [1.29, 1.82) is 0 Å². The van der Waals surface area contributed by atoms with Crippen LogP contribution in [0, 0.1) is 6.92 Å². The predicted molar refractivity (Wildman–Crippen MR) is 92.7 cm³/mol. The highest BCUT2D eigenvalue weighted by molar-refractivity contribution is 7.11. The molecule has 8 nitrogen and oxygen atoms in total. The molecular weight excluding hydrogens is 344 g/mol. The summed E-state index contributed by atoms with van der Waals surface area (Å²) in [6.07, 6.45) is 1.44. The molecule has 3 rings (SSSR count). The van der Waals surface area contributed by atoms with Gasteiger partial charge < -0.3 is 15.2 Å². The molecule has 1 aromatic rings. The number of aromatic nitrogens is 1. The maximum Gasteiger partial charge on any atom is 0.337 e. The van der Waals surface area contributed by atoms with Gasteiger partial charge in [-0.05, 0) is 26.3 Å². The number of aliphatic carboxylic acids is 1. The van der Waals surface area contributed by atoms with Gasteiger partial charge in [0.25, 0.3) is 0 Å². The third kappa shape index (κ3) is 3.72. The molecule has 2 aliphatic rings. The SMILES string of the molecule is COC(=O)C1=C(CN2CCC[C@H]2C(=O)O)NC(c2nc(C)cs2)=NC1. The summed E-state index contributed by atoms with van der Waals surface area (Å²) < 4.78 is 4.85. The number of carboxylic acids is 1. The molecule has 3 heterocycles. The number of amidine groups is 1. The summed E-state index contributed by atoms with van der Waals surface area (Å²) in [6.45, 7) is 3.11. The predicted octanol–water partition coefficient (Wildman–Crippen LogP) is 0.777. The Morgan fingerprint density at radius 1 is 1.52 bits per heavy atom. The average Bonchev–Trinajstić information content (AvgIpc) is 3.23. The summed E-state index contributed by atoms with van der Waals surface area (Å²) in [7, 11) is 1.33. The summed E-state index contributed by atoms with van der Waals surface area (Å²) in [5.41, 5.74) is 1.97. The molecule has 1 aromatic heterocycles. The smallest absolute Gasteiger partial charge is 0.337 e. The quantitative estimate of drug-likeness (QED) is 0.744. The lowest BCUT2D eigenvalue weighted by atomic mass is 10.1. The van der Waals surface area contributed by atoms with Gasteiger partial charge in [-0.25, -0.2) is 9.78 Å². The van der Waals surface area contributed by atoms with E-state index in [-0.39, 0.29) is 6.54 Å². The third-order valence-electron chi connectivity index (χ3n) is 4.29. The highest BCUT2D eigenvalue weighted by Crippen LogP contribution is 2.22. The number of likely N-dealkylation sites (tertiary alicyclic amines) is 1. The number of ether oxygens (including phenoxy) is 1. The van der Waals surface area contributed by atoms with Crippen molar-refractivity contribution >= 4 is 29.1 Å². The second kappa shape index (κ2) is 7.32. The normalized spacial score (nSPS) is 21.0. The Kier molecular flexibility index (Phi) is 5.14. The minimum Gasteiger partial charge on any atom is -0.480 e. The fourth-order valence-electron chi connectivity index (χ4n) is 3.04. The van der Waals surface area contributed by atoms with Crippen molar-refractivity contribution in [3.63, 3.8) is 0 Å². The van der Waals surface area contributed by atoms with Crippen molar-refractivity contribution in [3.05, 3.63) is 27.4 Å².